The van der Waals surface area contributed by atoms with Crippen LogP contribution in [-0.4, -0.2) is 29.0 Å². The Labute approximate surface area is 160 Å². The lowest BCUT2D eigenvalue weighted by atomic mass is 10.1. The van der Waals surface area contributed by atoms with Gasteiger partial charge in [0.1, 0.15) is 10.8 Å². The molecule has 1 aromatic heterocycles. The fraction of sp³-hybridized carbons (Fsp3) is 0.211. The van der Waals surface area contributed by atoms with Gasteiger partial charge in [-0.05, 0) is 23.3 Å². The summed E-state index contributed by atoms with van der Waals surface area (Å²) in [5, 5.41) is 12.4. The molecule has 26 heavy (non-hydrogen) atoms. The highest BCUT2D eigenvalue weighted by Gasteiger charge is 2.09. The fourth-order valence-corrected chi connectivity index (χ4v) is 3.86. The van der Waals surface area contributed by atoms with Crippen molar-refractivity contribution < 1.29 is 9.53 Å². The molecule has 7 heteroatoms. The SMILES string of the molecule is COc1ccc(Cc2nnc(NC(=O)CSCc3ccccc3)s2)cc1. The summed E-state index contributed by atoms with van der Waals surface area (Å²) in [6.45, 7) is 0. The number of benzene rings is 2. The van der Waals surface area contributed by atoms with Gasteiger partial charge in [-0.1, -0.05) is 53.8 Å². The summed E-state index contributed by atoms with van der Waals surface area (Å²) in [5.74, 6) is 1.97. The zero-order valence-corrected chi connectivity index (χ0v) is 16.0. The molecule has 134 valence electrons. The highest BCUT2D eigenvalue weighted by Crippen LogP contribution is 2.20. The van der Waals surface area contributed by atoms with Gasteiger partial charge < -0.3 is 4.74 Å². The van der Waals surface area contributed by atoms with Gasteiger partial charge in [0.25, 0.3) is 0 Å². The summed E-state index contributed by atoms with van der Waals surface area (Å²) in [6.07, 6.45) is 0.681. The van der Waals surface area contributed by atoms with Gasteiger partial charge in [0.15, 0.2) is 0 Å². The number of hydrogen-bond acceptors (Lipinski definition) is 6. The van der Waals surface area contributed by atoms with Crippen molar-refractivity contribution in [2.45, 2.75) is 12.2 Å². The van der Waals surface area contributed by atoms with Crippen LogP contribution in [0.3, 0.4) is 0 Å². The first-order chi connectivity index (χ1) is 12.7. The number of rotatable bonds is 8. The van der Waals surface area contributed by atoms with E-state index < -0.39 is 0 Å². The highest BCUT2D eigenvalue weighted by molar-refractivity contribution is 7.99. The van der Waals surface area contributed by atoms with Crippen LogP contribution >= 0.6 is 23.1 Å². The minimum Gasteiger partial charge on any atom is -0.497 e. The van der Waals surface area contributed by atoms with Crippen molar-refractivity contribution in [3.05, 3.63) is 70.7 Å². The zero-order chi connectivity index (χ0) is 18.2. The van der Waals surface area contributed by atoms with E-state index in [0.717, 1.165) is 22.1 Å². The van der Waals surface area contributed by atoms with Gasteiger partial charge in [-0.2, -0.15) is 0 Å². The van der Waals surface area contributed by atoms with E-state index in [1.165, 1.54) is 16.9 Å². The molecule has 3 aromatic rings. The quantitative estimate of drug-likeness (QED) is 0.635. The van der Waals surface area contributed by atoms with Crippen LogP contribution < -0.4 is 10.1 Å². The van der Waals surface area contributed by atoms with E-state index in [1.807, 2.05) is 42.5 Å². The van der Waals surface area contributed by atoms with Crippen molar-refractivity contribution in [1.29, 1.82) is 0 Å². The largest absolute Gasteiger partial charge is 0.497 e. The second kappa shape index (κ2) is 9.35. The molecule has 0 saturated carbocycles. The first-order valence-corrected chi connectivity index (χ1v) is 10.1. The third-order valence-electron chi connectivity index (χ3n) is 3.57. The van der Waals surface area contributed by atoms with E-state index in [4.69, 9.17) is 4.74 Å². The molecular formula is C19H19N3O2S2. The molecule has 0 saturated heterocycles. The molecule has 3 rings (SSSR count). The zero-order valence-electron chi connectivity index (χ0n) is 14.3. The van der Waals surface area contributed by atoms with Crippen LogP contribution in [-0.2, 0) is 17.0 Å². The van der Waals surface area contributed by atoms with E-state index in [9.17, 15) is 4.79 Å². The summed E-state index contributed by atoms with van der Waals surface area (Å²) in [7, 11) is 1.65. The summed E-state index contributed by atoms with van der Waals surface area (Å²) >= 11 is 2.98. The van der Waals surface area contributed by atoms with E-state index >= 15 is 0 Å². The number of anilines is 1. The Balaban J connectivity index is 1.45. The van der Waals surface area contributed by atoms with Crippen molar-refractivity contribution in [1.82, 2.24) is 10.2 Å². The Bertz CT molecular complexity index is 836. The summed E-state index contributed by atoms with van der Waals surface area (Å²) < 4.78 is 5.15. The normalized spacial score (nSPS) is 10.5. The molecule has 0 spiro atoms. The summed E-state index contributed by atoms with van der Waals surface area (Å²) in [4.78, 5) is 12.0. The lowest BCUT2D eigenvalue weighted by Crippen LogP contribution is -2.13. The van der Waals surface area contributed by atoms with Crippen molar-refractivity contribution in [2.24, 2.45) is 0 Å². The van der Waals surface area contributed by atoms with E-state index in [0.29, 0.717) is 17.3 Å². The van der Waals surface area contributed by atoms with Crippen LogP contribution in [0.25, 0.3) is 0 Å². The summed E-state index contributed by atoms with van der Waals surface area (Å²) in [6, 6.07) is 17.9. The average molecular weight is 386 g/mol. The Hall–Kier alpha value is -2.38. The standard InChI is InChI=1S/C19H19N3O2S2/c1-24-16-9-7-14(8-10-16)11-18-21-22-19(26-18)20-17(23)13-25-12-15-5-3-2-4-6-15/h2-10H,11-13H2,1H3,(H,20,22,23). The summed E-state index contributed by atoms with van der Waals surface area (Å²) in [5.41, 5.74) is 2.33. The lowest BCUT2D eigenvalue weighted by Gasteiger charge is -2.02. The number of carbonyl (C=O) groups is 1. The number of aromatic nitrogens is 2. The molecule has 1 N–H and O–H groups in total. The van der Waals surface area contributed by atoms with E-state index in [-0.39, 0.29) is 5.91 Å². The number of nitrogens with one attached hydrogen (secondary N) is 1. The average Bonchev–Trinajstić information content (AvgIpc) is 3.10. The molecule has 5 nitrogen and oxygen atoms in total. The third-order valence-corrected chi connectivity index (χ3v) is 5.41. The highest BCUT2D eigenvalue weighted by atomic mass is 32.2. The maximum atomic E-state index is 12.0. The van der Waals surface area contributed by atoms with Gasteiger partial charge in [0.2, 0.25) is 11.0 Å². The van der Waals surface area contributed by atoms with Crippen molar-refractivity contribution in [3.63, 3.8) is 0 Å². The maximum absolute atomic E-state index is 12.0. The minimum absolute atomic E-state index is 0.0573. The molecule has 0 bridgehead atoms. The number of amides is 1. The minimum atomic E-state index is -0.0573. The van der Waals surface area contributed by atoms with Gasteiger partial charge >= 0.3 is 0 Å². The lowest BCUT2D eigenvalue weighted by molar-refractivity contribution is -0.113. The van der Waals surface area contributed by atoms with Crippen LogP contribution in [0.15, 0.2) is 54.6 Å². The van der Waals surface area contributed by atoms with Crippen LogP contribution in [0.4, 0.5) is 5.13 Å². The number of thioether (sulfide) groups is 1. The third kappa shape index (κ3) is 5.57. The number of methoxy groups -OCH3 is 1. The van der Waals surface area contributed by atoms with Gasteiger partial charge in [0.05, 0.1) is 12.9 Å². The van der Waals surface area contributed by atoms with E-state index in [2.05, 4.69) is 27.6 Å². The first kappa shape index (κ1) is 18.4. The van der Waals surface area contributed by atoms with Gasteiger partial charge in [-0.25, -0.2) is 0 Å². The Kier molecular flexibility index (Phi) is 6.62. The predicted octanol–water partition coefficient (Wildman–Crippen LogP) is 4.01. The van der Waals surface area contributed by atoms with Crippen LogP contribution in [0, 0.1) is 0 Å². The monoisotopic (exact) mass is 385 g/mol. The number of hydrogen-bond donors (Lipinski definition) is 1. The molecule has 2 aromatic carbocycles. The number of ether oxygens (including phenoxy) is 1. The molecule has 0 unspecified atom stereocenters. The fourth-order valence-electron chi connectivity index (χ4n) is 2.28. The molecule has 0 fully saturated rings. The Morgan fingerprint density at radius 2 is 1.85 bits per heavy atom. The maximum Gasteiger partial charge on any atom is 0.236 e. The van der Waals surface area contributed by atoms with Crippen molar-refractivity contribution in [3.8, 4) is 5.75 Å². The smallest absolute Gasteiger partial charge is 0.236 e. The number of carbonyl (C=O) groups excluding carboxylic acids is 1. The molecule has 0 atom stereocenters. The van der Waals surface area contributed by atoms with Gasteiger partial charge in [0, 0.05) is 12.2 Å². The van der Waals surface area contributed by atoms with Gasteiger partial charge in [-0.15, -0.1) is 22.0 Å². The van der Waals surface area contributed by atoms with Crippen LogP contribution in [0.2, 0.25) is 0 Å². The topological polar surface area (TPSA) is 64.1 Å². The molecule has 0 radical (unpaired) electrons. The first-order valence-electron chi connectivity index (χ1n) is 8.10. The molecular weight excluding hydrogens is 366 g/mol. The Morgan fingerprint density at radius 3 is 2.58 bits per heavy atom. The second-order valence-corrected chi connectivity index (χ2v) is 7.60. The molecule has 0 aliphatic rings. The van der Waals surface area contributed by atoms with Crippen LogP contribution in [0.1, 0.15) is 16.1 Å². The van der Waals surface area contributed by atoms with Crippen LogP contribution in [0.5, 0.6) is 5.75 Å². The molecule has 1 amide bonds. The molecule has 0 aliphatic carbocycles. The van der Waals surface area contributed by atoms with Gasteiger partial charge in [-0.3, -0.25) is 10.1 Å². The number of nitrogens with zero attached hydrogens (tertiary/aromatic N) is 2. The molecule has 1 heterocycles. The van der Waals surface area contributed by atoms with Crippen molar-refractivity contribution in [2.75, 3.05) is 18.2 Å². The van der Waals surface area contributed by atoms with E-state index in [1.54, 1.807) is 18.9 Å². The van der Waals surface area contributed by atoms with Crippen molar-refractivity contribution >= 4 is 34.1 Å². The predicted molar refractivity (Wildman–Crippen MR) is 107 cm³/mol. The molecule has 0 aliphatic heterocycles. The Morgan fingerprint density at radius 1 is 1.08 bits per heavy atom. The second-order valence-electron chi connectivity index (χ2n) is 5.55.